The Labute approximate surface area is 230 Å². The van der Waals surface area contributed by atoms with Gasteiger partial charge in [0.1, 0.15) is 6.04 Å². The molecule has 9 nitrogen and oxygen atoms in total. The third-order valence-corrected chi connectivity index (χ3v) is 7.72. The van der Waals surface area contributed by atoms with Crippen molar-refractivity contribution in [3.8, 4) is 0 Å². The van der Waals surface area contributed by atoms with Crippen LogP contribution in [-0.4, -0.2) is 83.4 Å². The van der Waals surface area contributed by atoms with Crippen LogP contribution in [0.1, 0.15) is 37.8 Å². The van der Waals surface area contributed by atoms with E-state index in [0.29, 0.717) is 25.8 Å². The first-order valence-corrected chi connectivity index (χ1v) is 13.4. The maximum absolute atomic E-state index is 14.2. The van der Waals surface area contributed by atoms with Gasteiger partial charge in [-0.25, -0.2) is 5.01 Å². The van der Waals surface area contributed by atoms with Crippen molar-refractivity contribution in [3.05, 3.63) is 71.9 Å². The molecule has 0 unspecified atom stereocenters. The predicted molar refractivity (Wildman–Crippen MR) is 153 cm³/mol. The lowest BCUT2D eigenvalue weighted by atomic mass is 9.73. The van der Waals surface area contributed by atoms with Crippen molar-refractivity contribution in [1.29, 1.82) is 0 Å². The summed E-state index contributed by atoms with van der Waals surface area (Å²) in [4.78, 5) is 46.1. The maximum Gasteiger partial charge on any atom is 0.249 e. The van der Waals surface area contributed by atoms with Crippen LogP contribution >= 0.6 is 0 Å². The zero-order valence-electron chi connectivity index (χ0n) is 23.5. The number of likely N-dealkylation sites (N-methyl/N-ethyl adjacent to an activating group) is 1. The summed E-state index contributed by atoms with van der Waals surface area (Å²) < 4.78 is 0. The van der Waals surface area contributed by atoms with Crippen LogP contribution in [0.5, 0.6) is 0 Å². The van der Waals surface area contributed by atoms with Crippen molar-refractivity contribution in [2.24, 2.45) is 5.73 Å². The second kappa shape index (κ2) is 11.2. The highest BCUT2D eigenvalue weighted by molar-refractivity contribution is 5.94. The molecule has 1 aliphatic rings. The number of fused-ring (bicyclic) bond motifs is 1. The van der Waals surface area contributed by atoms with Crippen LogP contribution in [-0.2, 0) is 26.2 Å². The summed E-state index contributed by atoms with van der Waals surface area (Å²) in [5.41, 5.74) is 6.79. The molecule has 3 aromatic rings. The van der Waals surface area contributed by atoms with E-state index in [4.69, 9.17) is 5.73 Å². The second-order valence-electron chi connectivity index (χ2n) is 11.3. The lowest BCUT2D eigenvalue weighted by Gasteiger charge is -2.45. The minimum absolute atomic E-state index is 0.0727. The Morgan fingerprint density at radius 1 is 1.08 bits per heavy atom. The van der Waals surface area contributed by atoms with Crippen molar-refractivity contribution >= 4 is 28.6 Å². The van der Waals surface area contributed by atoms with Crippen LogP contribution in [0.15, 0.2) is 60.8 Å². The highest BCUT2D eigenvalue weighted by atomic mass is 16.2. The molecule has 2 atom stereocenters. The lowest BCUT2D eigenvalue weighted by molar-refractivity contribution is -0.153. The molecule has 208 valence electrons. The molecule has 9 heteroatoms. The van der Waals surface area contributed by atoms with E-state index in [9.17, 15) is 14.4 Å². The number of likely N-dealkylation sites (tertiary alicyclic amines) is 1. The van der Waals surface area contributed by atoms with E-state index < -0.39 is 22.9 Å². The zero-order valence-corrected chi connectivity index (χ0v) is 23.5. The minimum atomic E-state index is -1.15. The Kier molecular flexibility index (Phi) is 8.13. The molecule has 0 radical (unpaired) electrons. The summed E-state index contributed by atoms with van der Waals surface area (Å²) in [6, 6.07) is 16.7. The average molecular weight is 533 g/mol. The molecule has 39 heavy (non-hydrogen) atoms. The second-order valence-corrected chi connectivity index (χ2v) is 11.3. The number of para-hydroxylation sites is 1. The van der Waals surface area contributed by atoms with Gasteiger partial charge >= 0.3 is 0 Å². The van der Waals surface area contributed by atoms with Gasteiger partial charge in [-0.3, -0.25) is 19.4 Å². The highest BCUT2D eigenvalue weighted by Crippen LogP contribution is 2.36. The Balaban J connectivity index is 1.69. The molecule has 2 heterocycles. The van der Waals surface area contributed by atoms with E-state index in [-0.39, 0.29) is 18.4 Å². The number of piperidine rings is 1. The van der Waals surface area contributed by atoms with Crippen LogP contribution in [0.4, 0.5) is 0 Å². The number of carbonyl (C=O) groups is 3. The monoisotopic (exact) mass is 532 g/mol. The van der Waals surface area contributed by atoms with Gasteiger partial charge in [-0.2, -0.15) is 0 Å². The number of nitrogens with two attached hydrogens (primary N) is 1. The van der Waals surface area contributed by atoms with Gasteiger partial charge in [-0.15, -0.1) is 0 Å². The van der Waals surface area contributed by atoms with Crippen molar-refractivity contribution in [2.45, 2.75) is 50.1 Å². The van der Waals surface area contributed by atoms with E-state index in [0.717, 1.165) is 22.0 Å². The summed E-state index contributed by atoms with van der Waals surface area (Å²) in [6.07, 6.45) is 3.45. The lowest BCUT2D eigenvalue weighted by Crippen LogP contribution is -2.62. The van der Waals surface area contributed by atoms with Gasteiger partial charge in [0.15, 0.2) is 0 Å². The van der Waals surface area contributed by atoms with E-state index in [1.165, 1.54) is 0 Å². The van der Waals surface area contributed by atoms with Gasteiger partial charge in [0.2, 0.25) is 17.7 Å². The van der Waals surface area contributed by atoms with Gasteiger partial charge in [-0.1, -0.05) is 48.5 Å². The fraction of sp³-hybridized carbons (Fsp3) is 0.433. The van der Waals surface area contributed by atoms with E-state index in [2.05, 4.69) is 10.3 Å². The summed E-state index contributed by atoms with van der Waals surface area (Å²) in [7, 11) is 5.39. The standard InChI is InChI=1S/C30H40N6O3/c1-29(2,31)27(38)33-25(18-21-19-32-24-15-10-9-14-23(21)24)26(37)36-17-11-16-30(20-36,22-12-7-6-8-13-22)28(39)35(5)34(3)4/h6-10,12-15,19,25,32H,11,16-18,20,31H2,1-5H3,(H,33,38)/t25-,30+/m1/s1. The first-order chi connectivity index (χ1) is 18.4. The quantitative estimate of drug-likeness (QED) is 0.386. The molecule has 1 aliphatic heterocycles. The van der Waals surface area contributed by atoms with Crippen molar-refractivity contribution < 1.29 is 14.4 Å². The van der Waals surface area contributed by atoms with Crippen LogP contribution < -0.4 is 11.1 Å². The van der Waals surface area contributed by atoms with Crippen molar-refractivity contribution in [1.82, 2.24) is 25.2 Å². The van der Waals surface area contributed by atoms with Crippen LogP contribution in [0, 0.1) is 0 Å². The highest BCUT2D eigenvalue weighted by Gasteiger charge is 2.47. The molecule has 4 N–H and O–H groups in total. The normalized spacial score (nSPS) is 18.7. The number of aromatic amines is 1. The van der Waals surface area contributed by atoms with E-state index in [1.54, 1.807) is 35.8 Å². The van der Waals surface area contributed by atoms with E-state index in [1.807, 2.05) is 74.9 Å². The Morgan fingerprint density at radius 3 is 2.41 bits per heavy atom. The average Bonchev–Trinajstić information content (AvgIpc) is 3.34. The van der Waals surface area contributed by atoms with Gasteiger partial charge in [0, 0.05) is 57.8 Å². The largest absolute Gasteiger partial charge is 0.361 e. The summed E-state index contributed by atoms with van der Waals surface area (Å²) in [5.74, 6) is -0.704. The first-order valence-electron chi connectivity index (χ1n) is 13.4. The number of nitrogens with one attached hydrogen (secondary N) is 2. The SMILES string of the molecule is CN(C)N(C)C(=O)[C@@]1(c2ccccc2)CCCN(C(=O)[C@@H](Cc2c[nH]c3ccccc23)NC(=O)C(C)(C)N)C1. The van der Waals surface area contributed by atoms with E-state index >= 15 is 0 Å². The molecule has 1 aromatic heterocycles. The molecule has 1 saturated heterocycles. The Morgan fingerprint density at radius 2 is 1.74 bits per heavy atom. The van der Waals surface area contributed by atoms with Crippen LogP contribution in [0.2, 0.25) is 0 Å². The number of benzene rings is 2. The number of nitrogens with zero attached hydrogens (tertiary/aromatic N) is 3. The fourth-order valence-corrected chi connectivity index (χ4v) is 5.31. The summed E-state index contributed by atoms with van der Waals surface area (Å²) >= 11 is 0. The third kappa shape index (κ3) is 5.84. The van der Waals surface area contributed by atoms with Crippen LogP contribution in [0.25, 0.3) is 10.9 Å². The van der Waals surface area contributed by atoms with Gasteiger partial charge < -0.3 is 20.9 Å². The molecule has 1 fully saturated rings. The number of hydrogen-bond acceptors (Lipinski definition) is 5. The molecular weight excluding hydrogens is 492 g/mol. The molecular formula is C30H40N6O3. The first kappa shape index (κ1) is 28.3. The number of hydrazine groups is 1. The van der Waals surface area contributed by atoms with Crippen molar-refractivity contribution in [3.63, 3.8) is 0 Å². The summed E-state index contributed by atoms with van der Waals surface area (Å²) in [6.45, 7) is 3.96. The third-order valence-electron chi connectivity index (χ3n) is 7.72. The zero-order chi connectivity index (χ0) is 28.4. The molecule has 0 bridgehead atoms. The Hall–Kier alpha value is -3.69. The number of carbonyl (C=O) groups excluding carboxylic acids is 3. The number of H-pyrrole nitrogens is 1. The molecule has 3 amide bonds. The topological polar surface area (TPSA) is 115 Å². The Bertz CT molecular complexity index is 1330. The molecule has 0 spiro atoms. The number of hydrogen-bond donors (Lipinski definition) is 3. The fourth-order valence-electron chi connectivity index (χ4n) is 5.31. The summed E-state index contributed by atoms with van der Waals surface area (Å²) in [5, 5.41) is 7.27. The molecule has 0 aliphatic carbocycles. The molecule has 2 aromatic carbocycles. The maximum atomic E-state index is 14.2. The smallest absolute Gasteiger partial charge is 0.249 e. The van der Waals surface area contributed by atoms with Crippen LogP contribution in [0.3, 0.4) is 0 Å². The van der Waals surface area contributed by atoms with Gasteiger partial charge in [0.05, 0.1) is 11.0 Å². The minimum Gasteiger partial charge on any atom is -0.361 e. The number of rotatable bonds is 8. The number of aromatic nitrogens is 1. The number of amides is 3. The van der Waals surface area contributed by atoms with Gasteiger partial charge in [-0.05, 0) is 43.9 Å². The van der Waals surface area contributed by atoms with Gasteiger partial charge in [0.25, 0.3) is 0 Å². The predicted octanol–water partition coefficient (Wildman–Crippen LogP) is 2.43. The molecule has 0 saturated carbocycles. The van der Waals surface area contributed by atoms with Crippen molar-refractivity contribution in [2.75, 3.05) is 34.2 Å². The molecule has 4 rings (SSSR count).